The monoisotopic (exact) mass is 464 g/mol. The number of allylic oxidation sites excluding steroid dienone is 1. The van der Waals surface area contributed by atoms with Crippen LogP contribution in [0.4, 0.5) is 13.2 Å². The van der Waals surface area contributed by atoms with E-state index in [9.17, 15) is 13.2 Å². The van der Waals surface area contributed by atoms with Gasteiger partial charge in [-0.15, -0.1) is 6.58 Å². The molecule has 0 aliphatic heterocycles. The first-order chi connectivity index (χ1) is 16.5. The van der Waals surface area contributed by atoms with Crippen molar-refractivity contribution in [2.24, 2.45) is 5.92 Å². The molecule has 0 atom stereocenters. The second-order valence-corrected chi connectivity index (χ2v) is 9.06. The summed E-state index contributed by atoms with van der Waals surface area (Å²) in [5, 5.41) is 0. The van der Waals surface area contributed by atoms with Crippen molar-refractivity contribution in [2.45, 2.75) is 51.4 Å². The summed E-state index contributed by atoms with van der Waals surface area (Å²) >= 11 is 0. The number of benzene rings is 3. The molecule has 4 heteroatoms. The third-order valence-corrected chi connectivity index (χ3v) is 6.94. The van der Waals surface area contributed by atoms with Gasteiger partial charge in [-0.1, -0.05) is 48.5 Å². The molecule has 0 heterocycles. The molecule has 1 aliphatic carbocycles. The molecular formula is C30H31F3O. The van der Waals surface area contributed by atoms with E-state index in [1.165, 1.54) is 6.07 Å². The highest BCUT2D eigenvalue weighted by atomic mass is 19.2. The lowest BCUT2D eigenvalue weighted by atomic mass is 9.78. The molecule has 1 aliphatic rings. The normalized spacial score (nSPS) is 18.0. The van der Waals surface area contributed by atoms with Gasteiger partial charge in [0.05, 0.1) is 6.61 Å². The van der Waals surface area contributed by atoms with E-state index in [4.69, 9.17) is 4.74 Å². The smallest absolute Gasteiger partial charge is 0.165 e. The van der Waals surface area contributed by atoms with Gasteiger partial charge in [0.1, 0.15) is 0 Å². The molecule has 3 aromatic carbocycles. The van der Waals surface area contributed by atoms with E-state index in [0.717, 1.165) is 42.4 Å². The standard InChI is InChI=1S/C30H31F3O/c1-3-20-5-12-23(13-6-20)26-17-15-24(29(32)30(26)33)14-9-21-7-10-22(11-8-21)25-16-18-28(34-4-2)27(31)19-25/h3,7-8,10-11,15-20,23H,1,4-6,9,12-14H2,2H3. The van der Waals surface area contributed by atoms with Crippen molar-refractivity contribution in [1.29, 1.82) is 0 Å². The molecule has 0 saturated heterocycles. The third-order valence-electron chi connectivity index (χ3n) is 6.94. The Balaban J connectivity index is 1.40. The summed E-state index contributed by atoms with van der Waals surface area (Å²) in [6, 6.07) is 16.2. The molecule has 34 heavy (non-hydrogen) atoms. The van der Waals surface area contributed by atoms with E-state index in [1.807, 2.05) is 43.3 Å². The molecule has 0 unspecified atom stereocenters. The van der Waals surface area contributed by atoms with Gasteiger partial charge < -0.3 is 4.74 Å². The highest BCUT2D eigenvalue weighted by Crippen LogP contribution is 2.38. The zero-order chi connectivity index (χ0) is 24.1. The molecule has 0 aromatic heterocycles. The highest BCUT2D eigenvalue weighted by Gasteiger charge is 2.25. The van der Waals surface area contributed by atoms with Crippen LogP contribution in [0.5, 0.6) is 5.75 Å². The topological polar surface area (TPSA) is 9.23 Å². The minimum Gasteiger partial charge on any atom is -0.491 e. The number of hydrogen-bond acceptors (Lipinski definition) is 1. The van der Waals surface area contributed by atoms with Gasteiger partial charge in [0.25, 0.3) is 0 Å². The first-order valence-electron chi connectivity index (χ1n) is 12.1. The number of ether oxygens (including phenoxy) is 1. The predicted molar refractivity (Wildman–Crippen MR) is 132 cm³/mol. The fraction of sp³-hybridized carbons (Fsp3) is 0.333. The highest BCUT2D eigenvalue weighted by molar-refractivity contribution is 5.64. The maximum Gasteiger partial charge on any atom is 0.165 e. The van der Waals surface area contributed by atoms with E-state index >= 15 is 0 Å². The molecule has 0 spiro atoms. The summed E-state index contributed by atoms with van der Waals surface area (Å²) in [6.07, 6.45) is 6.70. The van der Waals surface area contributed by atoms with Crippen LogP contribution in [0.25, 0.3) is 11.1 Å². The Bertz CT molecular complexity index is 1130. The summed E-state index contributed by atoms with van der Waals surface area (Å²) in [6.45, 7) is 6.08. The Morgan fingerprint density at radius 1 is 0.853 bits per heavy atom. The van der Waals surface area contributed by atoms with Crippen LogP contribution in [0.15, 0.2) is 67.3 Å². The van der Waals surface area contributed by atoms with E-state index in [2.05, 4.69) is 6.58 Å². The largest absolute Gasteiger partial charge is 0.491 e. The van der Waals surface area contributed by atoms with Crippen LogP contribution < -0.4 is 4.74 Å². The van der Waals surface area contributed by atoms with Crippen LogP contribution in [-0.2, 0) is 12.8 Å². The van der Waals surface area contributed by atoms with Crippen LogP contribution in [0.2, 0.25) is 0 Å². The maximum atomic E-state index is 14.9. The average molecular weight is 465 g/mol. The number of rotatable bonds is 8. The Hall–Kier alpha value is -3.01. The minimum absolute atomic E-state index is 0.0831. The molecule has 3 aromatic rings. The van der Waals surface area contributed by atoms with Crippen LogP contribution in [-0.4, -0.2) is 6.61 Å². The second-order valence-electron chi connectivity index (χ2n) is 9.06. The molecule has 1 fully saturated rings. The van der Waals surface area contributed by atoms with E-state index < -0.39 is 17.5 Å². The lowest BCUT2D eigenvalue weighted by Gasteiger charge is -2.27. The Morgan fingerprint density at radius 2 is 1.56 bits per heavy atom. The van der Waals surface area contributed by atoms with Crippen molar-refractivity contribution in [1.82, 2.24) is 0 Å². The summed E-state index contributed by atoms with van der Waals surface area (Å²) in [4.78, 5) is 0. The van der Waals surface area contributed by atoms with Crippen molar-refractivity contribution >= 4 is 0 Å². The van der Waals surface area contributed by atoms with E-state index in [-0.39, 0.29) is 11.7 Å². The van der Waals surface area contributed by atoms with Gasteiger partial charge in [0.15, 0.2) is 23.2 Å². The van der Waals surface area contributed by atoms with Crippen molar-refractivity contribution in [3.8, 4) is 16.9 Å². The van der Waals surface area contributed by atoms with E-state index in [0.29, 0.717) is 36.5 Å². The Morgan fingerprint density at radius 3 is 2.21 bits per heavy atom. The lowest BCUT2D eigenvalue weighted by molar-refractivity contribution is 0.321. The molecule has 0 bridgehead atoms. The summed E-state index contributed by atoms with van der Waals surface area (Å²) in [5.74, 6) is -0.981. The number of aryl methyl sites for hydroxylation is 2. The van der Waals surface area contributed by atoms with Crippen molar-refractivity contribution < 1.29 is 17.9 Å². The van der Waals surface area contributed by atoms with Gasteiger partial charge in [0, 0.05) is 0 Å². The molecule has 178 valence electrons. The van der Waals surface area contributed by atoms with Crippen LogP contribution in [0.1, 0.15) is 55.2 Å². The van der Waals surface area contributed by atoms with Gasteiger partial charge >= 0.3 is 0 Å². The first-order valence-corrected chi connectivity index (χ1v) is 12.1. The predicted octanol–water partition coefficient (Wildman–Crippen LogP) is 8.41. The van der Waals surface area contributed by atoms with Gasteiger partial charge in [0.2, 0.25) is 0 Å². The molecule has 1 saturated carbocycles. The Kier molecular flexibility index (Phi) is 7.77. The Labute approximate surface area is 200 Å². The van der Waals surface area contributed by atoms with Crippen molar-refractivity contribution in [3.63, 3.8) is 0 Å². The second kappa shape index (κ2) is 10.9. The maximum absolute atomic E-state index is 14.9. The minimum atomic E-state index is -0.718. The molecule has 1 nitrogen and oxygen atoms in total. The summed E-state index contributed by atoms with van der Waals surface area (Å²) < 4.78 is 49.1. The SMILES string of the molecule is C=CC1CCC(c2ccc(CCc3ccc(-c4ccc(OCC)c(F)c4)cc3)c(F)c2F)CC1. The number of halogens is 3. The molecule has 0 N–H and O–H groups in total. The quantitative estimate of drug-likeness (QED) is 0.304. The van der Waals surface area contributed by atoms with Gasteiger partial charge in [-0.05, 0) is 97.2 Å². The molecular weight excluding hydrogens is 433 g/mol. The zero-order valence-electron chi connectivity index (χ0n) is 19.6. The fourth-order valence-electron chi connectivity index (χ4n) is 4.87. The van der Waals surface area contributed by atoms with Gasteiger partial charge in [-0.3, -0.25) is 0 Å². The summed E-state index contributed by atoms with van der Waals surface area (Å²) in [7, 11) is 0. The van der Waals surface area contributed by atoms with Crippen LogP contribution in [0, 0.1) is 23.4 Å². The third kappa shape index (κ3) is 5.38. The average Bonchev–Trinajstić information content (AvgIpc) is 2.87. The van der Waals surface area contributed by atoms with Crippen molar-refractivity contribution in [2.75, 3.05) is 6.61 Å². The van der Waals surface area contributed by atoms with Crippen molar-refractivity contribution in [3.05, 3.63) is 101 Å². The zero-order valence-corrected chi connectivity index (χ0v) is 19.6. The van der Waals surface area contributed by atoms with Gasteiger partial charge in [-0.2, -0.15) is 0 Å². The summed E-state index contributed by atoms with van der Waals surface area (Å²) in [5.41, 5.74) is 3.58. The van der Waals surface area contributed by atoms with E-state index in [1.54, 1.807) is 18.2 Å². The molecule has 0 amide bonds. The number of hydrogen-bond donors (Lipinski definition) is 0. The fourth-order valence-corrected chi connectivity index (χ4v) is 4.87. The van der Waals surface area contributed by atoms with Crippen LogP contribution >= 0.6 is 0 Å². The van der Waals surface area contributed by atoms with Gasteiger partial charge in [-0.25, -0.2) is 13.2 Å². The lowest BCUT2D eigenvalue weighted by Crippen LogP contribution is -2.14. The molecule has 4 rings (SSSR count). The first kappa shape index (κ1) is 24.1. The van der Waals surface area contributed by atoms with Crippen LogP contribution in [0.3, 0.4) is 0 Å². The molecule has 0 radical (unpaired) electrons.